The van der Waals surface area contributed by atoms with Gasteiger partial charge in [0, 0.05) is 38.6 Å². The average Bonchev–Trinajstić information content (AvgIpc) is 3.18. The maximum absolute atomic E-state index is 6.01. The summed E-state index contributed by atoms with van der Waals surface area (Å²) in [6.07, 6.45) is 4.03. The van der Waals surface area contributed by atoms with Gasteiger partial charge in [-0.3, -0.25) is 9.80 Å². The van der Waals surface area contributed by atoms with Crippen molar-refractivity contribution in [3.63, 3.8) is 0 Å². The Kier molecular flexibility index (Phi) is 3.93. The number of benzene rings is 1. The van der Waals surface area contributed by atoms with Crippen molar-refractivity contribution in [2.45, 2.75) is 25.2 Å². The van der Waals surface area contributed by atoms with Gasteiger partial charge in [-0.15, -0.1) is 0 Å². The van der Waals surface area contributed by atoms with Gasteiger partial charge >= 0.3 is 0 Å². The third kappa shape index (κ3) is 2.92. The standard InChI is InChI=1S/C17H22N4O/c1-2-4-14(5-3-1)10-21-8-9-22-16-12-20(11-15(16)21)13-17-18-6-7-19-17/h1-7,15-16H,8-13H2,(H,18,19)/t15-,16-/m1/s1. The summed E-state index contributed by atoms with van der Waals surface area (Å²) in [5.74, 6) is 1.04. The monoisotopic (exact) mass is 298 g/mol. The van der Waals surface area contributed by atoms with Crippen LogP contribution in [0.4, 0.5) is 0 Å². The van der Waals surface area contributed by atoms with Crippen LogP contribution in [-0.2, 0) is 17.8 Å². The fourth-order valence-corrected chi connectivity index (χ4v) is 3.57. The number of ether oxygens (including phenoxy) is 1. The molecular weight excluding hydrogens is 276 g/mol. The molecule has 2 aliphatic rings. The van der Waals surface area contributed by atoms with E-state index in [1.54, 1.807) is 0 Å². The lowest BCUT2D eigenvalue weighted by Gasteiger charge is -2.37. The van der Waals surface area contributed by atoms with Crippen molar-refractivity contribution in [2.75, 3.05) is 26.2 Å². The molecule has 1 N–H and O–H groups in total. The molecule has 0 spiro atoms. The number of rotatable bonds is 4. The van der Waals surface area contributed by atoms with E-state index < -0.39 is 0 Å². The molecule has 0 bridgehead atoms. The predicted octanol–water partition coefficient (Wildman–Crippen LogP) is 1.49. The minimum absolute atomic E-state index is 0.326. The first-order chi connectivity index (χ1) is 10.9. The first kappa shape index (κ1) is 13.9. The molecule has 2 aromatic rings. The molecule has 0 amide bonds. The second-order valence-electron chi connectivity index (χ2n) is 6.16. The van der Waals surface area contributed by atoms with Gasteiger partial charge in [0.05, 0.1) is 25.3 Å². The van der Waals surface area contributed by atoms with E-state index in [0.717, 1.165) is 45.2 Å². The normalized spacial score (nSPS) is 26.2. The zero-order valence-corrected chi connectivity index (χ0v) is 12.7. The SMILES string of the molecule is c1ccc(CN2CCO[C@@H]3CN(Cc4ncc[nH]4)C[C@H]32)cc1. The highest BCUT2D eigenvalue weighted by Gasteiger charge is 2.39. The van der Waals surface area contributed by atoms with E-state index in [0.29, 0.717) is 12.1 Å². The summed E-state index contributed by atoms with van der Waals surface area (Å²) in [7, 11) is 0. The van der Waals surface area contributed by atoms with Crippen molar-refractivity contribution in [1.82, 2.24) is 19.8 Å². The van der Waals surface area contributed by atoms with Gasteiger partial charge in [-0.1, -0.05) is 30.3 Å². The number of H-pyrrole nitrogens is 1. The second kappa shape index (κ2) is 6.20. The van der Waals surface area contributed by atoms with Crippen molar-refractivity contribution >= 4 is 0 Å². The highest BCUT2D eigenvalue weighted by atomic mass is 16.5. The molecule has 2 atom stereocenters. The van der Waals surface area contributed by atoms with Crippen LogP contribution in [-0.4, -0.2) is 58.2 Å². The molecule has 5 heteroatoms. The van der Waals surface area contributed by atoms with Crippen LogP contribution in [0.25, 0.3) is 0 Å². The van der Waals surface area contributed by atoms with Gasteiger partial charge in [-0.25, -0.2) is 4.98 Å². The minimum Gasteiger partial charge on any atom is -0.374 e. The lowest BCUT2D eigenvalue weighted by atomic mass is 10.1. The number of hydrogen-bond donors (Lipinski definition) is 1. The van der Waals surface area contributed by atoms with E-state index in [1.807, 2.05) is 12.4 Å². The average molecular weight is 298 g/mol. The zero-order chi connectivity index (χ0) is 14.8. The third-order valence-electron chi connectivity index (χ3n) is 4.65. The molecule has 1 aromatic carbocycles. The van der Waals surface area contributed by atoms with Gasteiger partial charge in [0.2, 0.25) is 0 Å². The fraction of sp³-hybridized carbons (Fsp3) is 0.471. The number of imidazole rings is 1. The number of likely N-dealkylation sites (tertiary alicyclic amines) is 1. The molecule has 0 aliphatic carbocycles. The molecule has 116 valence electrons. The molecule has 1 aromatic heterocycles. The zero-order valence-electron chi connectivity index (χ0n) is 12.7. The van der Waals surface area contributed by atoms with Gasteiger partial charge in [0.1, 0.15) is 5.82 Å². The Balaban J connectivity index is 1.42. The van der Waals surface area contributed by atoms with Crippen LogP contribution in [0.15, 0.2) is 42.7 Å². The van der Waals surface area contributed by atoms with E-state index in [9.17, 15) is 0 Å². The summed E-state index contributed by atoms with van der Waals surface area (Å²) in [5.41, 5.74) is 1.38. The topological polar surface area (TPSA) is 44.4 Å². The molecule has 0 saturated carbocycles. The second-order valence-corrected chi connectivity index (χ2v) is 6.16. The third-order valence-corrected chi connectivity index (χ3v) is 4.65. The maximum atomic E-state index is 6.01. The van der Waals surface area contributed by atoms with Crippen molar-refractivity contribution < 1.29 is 4.74 Å². The van der Waals surface area contributed by atoms with E-state index >= 15 is 0 Å². The molecular formula is C17H22N4O. The molecule has 0 unspecified atom stereocenters. The van der Waals surface area contributed by atoms with Crippen molar-refractivity contribution in [3.8, 4) is 0 Å². The van der Waals surface area contributed by atoms with Crippen molar-refractivity contribution in [2.24, 2.45) is 0 Å². The highest BCUT2D eigenvalue weighted by Crippen LogP contribution is 2.25. The number of hydrogen-bond acceptors (Lipinski definition) is 4. The lowest BCUT2D eigenvalue weighted by Crippen LogP contribution is -2.50. The Morgan fingerprint density at radius 2 is 2.09 bits per heavy atom. The Labute approximate surface area is 130 Å². The Morgan fingerprint density at radius 1 is 1.18 bits per heavy atom. The van der Waals surface area contributed by atoms with Crippen LogP contribution >= 0.6 is 0 Å². The molecule has 2 fully saturated rings. The van der Waals surface area contributed by atoms with Crippen LogP contribution in [0, 0.1) is 0 Å². The van der Waals surface area contributed by atoms with Crippen molar-refractivity contribution in [1.29, 1.82) is 0 Å². The van der Waals surface area contributed by atoms with Gasteiger partial charge < -0.3 is 9.72 Å². The molecule has 4 rings (SSSR count). The fourth-order valence-electron chi connectivity index (χ4n) is 3.57. The van der Waals surface area contributed by atoms with E-state index in [4.69, 9.17) is 4.74 Å². The van der Waals surface area contributed by atoms with E-state index in [-0.39, 0.29) is 0 Å². The van der Waals surface area contributed by atoms with Crippen molar-refractivity contribution in [3.05, 3.63) is 54.1 Å². The van der Waals surface area contributed by atoms with E-state index in [2.05, 4.69) is 50.1 Å². The predicted molar refractivity (Wildman–Crippen MR) is 84.2 cm³/mol. The quantitative estimate of drug-likeness (QED) is 0.929. The van der Waals surface area contributed by atoms with Gasteiger partial charge in [0.15, 0.2) is 0 Å². The van der Waals surface area contributed by atoms with E-state index in [1.165, 1.54) is 5.56 Å². The summed E-state index contributed by atoms with van der Waals surface area (Å²) in [6.45, 7) is 5.80. The van der Waals surface area contributed by atoms with Gasteiger partial charge in [-0.2, -0.15) is 0 Å². The summed E-state index contributed by atoms with van der Waals surface area (Å²) >= 11 is 0. The molecule has 2 saturated heterocycles. The summed E-state index contributed by atoms with van der Waals surface area (Å²) in [5, 5.41) is 0. The molecule has 22 heavy (non-hydrogen) atoms. The first-order valence-corrected chi connectivity index (χ1v) is 7.99. The van der Waals surface area contributed by atoms with Crippen LogP contribution in [0.3, 0.4) is 0 Å². The highest BCUT2D eigenvalue weighted by molar-refractivity contribution is 5.15. The number of nitrogens with zero attached hydrogens (tertiary/aromatic N) is 3. The van der Waals surface area contributed by atoms with Crippen LogP contribution < -0.4 is 0 Å². The number of fused-ring (bicyclic) bond motifs is 1. The number of aromatic nitrogens is 2. The Morgan fingerprint density at radius 3 is 2.91 bits per heavy atom. The molecule has 0 radical (unpaired) electrons. The number of nitrogens with one attached hydrogen (secondary N) is 1. The Hall–Kier alpha value is -1.69. The first-order valence-electron chi connectivity index (χ1n) is 7.99. The van der Waals surface area contributed by atoms with Gasteiger partial charge in [0.25, 0.3) is 0 Å². The molecule has 2 aliphatic heterocycles. The number of morpholine rings is 1. The molecule has 5 nitrogen and oxygen atoms in total. The van der Waals surface area contributed by atoms with Crippen LogP contribution in [0.1, 0.15) is 11.4 Å². The largest absolute Gasteiger partial charge is 0.374 e. The summed E-state index contributed by atoms with van der Waals surface area (Å²) in [4.78, 5) is 12.5. The minimum atomic E-state index is 0.326. The lowest BCUT2D eigenvalue weighted by molar-refractivity contribution is -0.0504. The van der Waals surface area contributed by atoms with Crippen LogP contribution in [0.5, 0.6) is 0 Å². The van der Waals surface area contributed by atoms with Crippen LogP contribution in [0.2, 0.25) is 0 Å². The molecule has 3 heterocycles. The summed E-state index contributed by atoms with van der Waals surface area (Å²) < 4.78 is 6.01. The summed E-state index contributed by atoms with van der Waals surface area (Å²) in [6, 6.07) is 11.2. The van der Waals surface area contributed by atoms with Gasteiger partial charge in [-0.05, 0) is 5.56 Å². The Bertz CT molecular complexity index is 586. The number of aromatic amines is 1. The maximum Gasteiger partial charge on any atom is 0.120 e. The smallest absolute Gasteiger partial charge is 0.120 e.